The number of rotatable bonds is 4. The quantitative estimate of drug-likeness (QED) is 0.895. The Kier molecular flexibility index (Phi) is 3.92. The van der Waals surface area contributed by atoms with Gasteiger partial charge in [0.1, 0.15) is 5.41 Å². The van der Waals surface area contributed by atoms with Crippen LogP contribution in [0, 0.1) is 0 Å². The molecule has 0 spiro atoms. The molecule has 21 heavy (non-hydrogen) atoms. The van der Waals surface area contributed by atoms with Gasteiger partial charge in [0.2, 0.25) is 0 Å². The lowest BCUT2D eigenvalue weighted by Gasteiger charge is -2.32. The highest BCUT2D eigenvalue weighted by atomic mass is 32.1. The minimum atomic E-state index is -0.928. The first kappa shape index (κ1) is 14.8. The number of carboxylic acid groups (broad SMARTS) is 1. The summed E-state index contributed by atoms with van der Waals surface area (Å²) in [5.74, 6) is -0.835. The molecule has 1 aromatic heterocycles. The lowest BCUT2D eigenvalue weighted by atomic mass is 9.90. The molecule has 2 aliphatic rings. The van der Waals surface area contributed by atoms with Gasteiger partial charge in [0.25, 0.3) is 0 Å². The summed E-state index contributed by atoms with van der Waals surface area (Å²) in [5, 5.41) is 15.5. The van der Waals surface area contributed by atoms with Crippen molar-refractivity contribution in [1.29, 1.82) is 0 Å². The Morgan fingerprint density at radius 1 is 1.43 bits per heavy atom. The van der Waals surface area contributed by atoms with Gasteiger partial charge >= 0.3 is 5.97 Å². The van der Waals surface area contributed by atoms with E-state index in [-0.39, 0.29) is 0 Å². The molecule has 6 heteroatoms. The first-order valence-corrected chi connectivity index (χ1v) is 8.56. The largest absolute Gasteiger partial charge is 0.481 e. The van der Waals surface area contributed by atoms with Gasteiger partial charge in [-0.15, -0.1) is 11.3 Å². The van der Waals surface area contributed by atoms with Crippen LogP contribution < -0.4 is 5.32 Å². The zero-order valence-corrected chi connectivity index (χ0v) is 13.4. The second kappa shape index (κ2) is 5.57. The average molecular weight is 309 g/mol. The van der Waals surface area contributed by atoms with Gasteiger partial charge in [0.05, 0.1) is 5.69 Å². The van der Waals surface area contributed by atoms with E-state index in [2.05, 4.69) is 15.2 Å². The molecule has 116 valence electrons. The molecule has 2 saturated heterocycles. The Morgan fingerprint density at radius 3 is 3.00 bits per heavy atom. The first-order valence-electron chi connectivity index (χ1n) is 7.68. The molecular weight excluding hydrogens is 286 g/mol. The van der Waals surface area contributed by atoms with E-state index in [1.54, 1.807) is 13.8 Å². The summed E-state index contributed by atoms with van der Waals surface area (Å²) in [6, 6.07) is 1.08. The molecule has 2 aliphatic heterocycles. The van der Waals surface area contributed by atoms with Gasteiger partial charge in [-0.1, -0.05) is 6.42 Å². The molecule has 0 saturated carbocycles. The summed E-state index contributed by atoms with van der Waals surface area (Å²) in [4.78, 5) is 18.4. The van der Waals surface area contributed by atoms with E-state index in [1.165, 1.54) is 43.7 Å². The number of fused-ring (bicyclic) bond motifs is 1. The molecular formula is C15H23N3O2S. The summed E-state index contributed by atoms with van der Waals surface area (Å²) >= 11 is 1.52. The molecule has 0 bridgehead atoms. The van der Waals surface area contributed by atoms with Gasteiger partial charge in [-0.3, -0.25) is 9.69 Å². The average Bonchev–Trinajstić information content (AvgIpc) is 3.07. The van der Waals surface area contributed by atoms with E-state index < -0.39 is 11.4 Å². The van der Waals surface area contributed by atoms with Crippen LogP contribution in [0.2, 0.25) is 0 Å². The zero-order valence-electron chi connectivity index (χ0n) is 12.6. The number of hydrogen-bond donors (Lipinski definition) is 2. The predicted molar refractivity (Wildman–Crippen MR) is 84.0 cm³/mol. The van der Waals surface area contributed by atoms with E-state index in [1.807, 2.05) is 5.38 Å². The number of hydrogen-bond acceptors (Lipinski definition) is 5. The molecule has 5 nitrogen and oxygen atoms in total. The van der Waals surface area contributed by atoms with Gasteiger partial charge in [-0.25, -0.2) is 4.98 Å². The number of anilines is 1. The monoisotopic (exact) mass is 309 g/mol. The number of nitrogens with one attached hydrogen (secondary N) is 1. The molecule has 2 unspecified atom stereocenters. The molecule has 3 rings (SSSR count). The maximum absolute atomic E-state index is 11.3. The normalized spacial score (nSPS) is 26.6. The number of nitrogens with zero attached hydrogens (tertiary/aromatic N) is 2. The standard InChI is InChI=1S/C15H23N3O2S/c1-15(2,13(19)20)12-9-21-14(17-12)16-10-6-8-18-7-4-3-5-11(10)18/h9-11H,3-8H2,1-2H3,(H,16,17)(H,19,20). The maximum Gasteiger partial charge on any atom is 0.315 e. The van der Waals surface area contributed by atoms with Crippen LogP contribution >= 0.6 is 11.3 Å². The summed E-state index contributed by atoms with van der Waals surface area (Å²) in [6.07, 6.45) is 5.05. The van der Waals surface area contributed by atoms with Gasteiger partial charge in [0.15, 0.2) is 5.13 Å². The van der Waals surface area contributed by atoms with Crippen molar-refractivity contribution in [3.8, 4) is 0 Å². The topological polar surface area (TPSA) is 65.5 Å². The highest BCUT2D eigenvalue weighted by molar-refractivity contribution is 7.13. The second-order valence-corrected chi connectivity index (χ2v) is 7.46. The minimum absolute atomic E-state index is 0.456. The van der Waals surface area contributed by atoms with Gasteiger partial charge in [-0.05, 0) is 39.7 Å². The Hall–Kier alpha value is -1.14. The maximum atomic E-state index is 11.3. The summed E-state index contributed by atoms with van der Waals surface area (Å²) < 4.78 is 0. The number of thiazole rings is 1. The molecule has 0 aliphatic carbocycles. The second-order valence-electron chi connectivity index (χ2n) is 6.61. The van der Waals surface area contributed by atoms with Crippen molar-refractivity contribution in [2.75, 3.05) is 18.4 Å². The third-order valence-electron chi connectivity index (χ3n) is 4.84. The lowest BCUT2D eigenvalue weighted by molar-refractivity contribution is -0.142. The summed E-state index contributed by atoms with van der Waals surface area (Å²) in [6.45, 7) is 5.79. The fourth-order valence-electron chi connectivity index (χ4n) is 3.31. The van der Waals surface area contributed by atoms with Crippen LogP contribution in [-0.4, -0.2) is 46.1 Å². The van der Waals surface area contributed by atoms with E-state index in [9.17, 15) is 9.90 Å². The van der Waals surface area contributed by atoms with Crippen molar-refractivity contribution >= 4 is 22.4 Å². The van der Waals surface area contributed by atoms with Crippen LogP contribution in [0.4, 0.5) is 5.13 Å². The number of carbonyl (C=O) groups is 1. The summed E-state index contributed by atoms with van der Waals surface area (Å²) in [7, 11) is 0. The van der Waals surface area contributed by atoms with E-state index in [4.69, 9.17) is 0 Å². The van der Waals surface area contributed by atoms with Crippen molar-refractivity contribution in [3.63, 3.8) is 0 Å². The zero-order chi connectivity index (χ0) is 15.0. The SMILES string of the molecule is CC(C)(C(=O)O)c1csc(NC2CCN3CCCCC23)n1. The van der Waals surface area contributed by atoms with Crippen LogP contribution in [0.5, 0.6) is 0 Å². The van der Waals surface area contributed by atoms with Crippen LogP contribution in [0.25, 0.3) is 0 Å². The Bertz CT molecular complexity index is 529. The van der Waals surface area contributed by atoms with E-state index in [0.717, 1.165) is 11.6 Å². The molecule has 2 atom stereocenters. The summed E-state index contributed by atoms with van der Waals surface area (Å²) in [5.41, 5.74) is -0.288. The molecule has 0 aromatic carbocycles. The molecule has 1 aromatic rings. The highest BCUT2D eigenvalue weighted by Crippen LogP contribution is 2.32. The molecule has 2 fully saturated rings. The fraction of sp³-hybridized carbons (Fsp3) is 0.733. The Balaban J connectivity index is 1.69. The highest BCUT2D eigenvalue weighted by Gasteiger charge is 2.36. The lowest BCUT2D eigenvalue weighted by Crippen LogP contribution is -2.41. The van der Waals surface area contributed by atoms with Crippen molar-refractivity contribution in [1.82, 2.24) is 9.88 Å². The van der Waals surface area contributed by atoms with E-state index in [0.29, 0.717) is 17.8 Å². The number of carboxylic acids is 1. The van der Waals surface area contributed by atoms with Crippen LogP contribution in [-0.2, 0) is 10.2 Å². The van der Waals surface area contributed by atoms with E-state index >= 15 is 0 Å². The van der Waals surface area contributed by atoms with Crippen molar-refractivity contribution in [2.45, 2.75) is 57.0 Å². The molecule has 2 N–H and O–H groups in total. The molecule has 0 radical (unpaired) electrons. The van der Waals surface area contributed by atoms with Crippen LogP contribution in [0.1, 0.15) is 45.2 Å². The van der Waals surface area contributed by atoms with Crippen molar-refractivity contribution in [3.05, 3.63) is 11.1 Å². The van der Waals surface area contributed by atoms with Crippen molar-refractivity contribution in [2.24, 2.45) is 0 Å². The predicted octanol–water partition coefficient (Wildman–Crippen LogP) is 2.54. The Labute approximate surface area is 129 Å². The van der Waals surface area contributed by atoms with Crippen LogP contribution in [0.3, 0.4) is 0 Å². The van der Waals surface area contributed by atoms with Crippen molar-refractivity contribution < 1.29 is 9.90 Å². The van der Waals surface area contributed by atoms with Gasteiger partial charge < -0.3 is 10.4 Å². The smallest absolute Gasteiger partial charge is 0.315 e. The number of aliphatic carboxylic acids is 1. The number of aromatic nitrogens is 1. The van der Waals surface area contributed by atoms with Gasteiger partial charge in [0, 0.05) is 24.0 Å². The molecule has 3 heterocycles. The third kappa shape index (κ3) is 2.79. The fourth-order valence-corrected chi connectivity index (χ4v) is 4.25. The van der Waals surface area contributed by atoms with Crippen LogP contribution in [0.15, 0.2) is 5.38 Å². The first-order chi connectivity index (χ1) is 9.98. The third-order valence-corrected chi connectivity index (χ3v) is 5.62. The molecule has 0 amide bonds. The minimum Gasteiger partial charge on any atom is -0.481 e. The number of piperidine rings is 1. The van der Waals surface area contributed by atoms with Gasteiger partial charge in [-0.2, -0.15) is 0 Å². The Morgan fingerprint density at radius 2 is 2.24 bits per heavy atom.